The molecule has 1 saturated heterocycles. The number of nitrogens with one attached hydrogen (secondary N) is 1. The van der Waals surface area contributed by atoms with Crippen molar-refractivity contribution in [2.75, 3.05) is 50.6 Å². The number of carbonyl (C=O) groups excluding carboxylic acids is 1. The molecule has 1 N–H and O–H groups in total. The van der Waals surface area contributed by atoms with Crippen LogP contribution in [0.5, 0.6) is 0 Å². The summed E-state index contributed by atoms with van der Waals surface area (Å²) in [6.07, 6.45) is 3.64. The molecule has 1 aliphatic rings. The van der Waals surface area contributed by atoms with Gasteiger partial charge in [0.15, 0.2) is 0 Å². The van der Waals surface area contributed by atoms with E-state index in [9.17, 15) is 9.59 Å². The molecule has 8 heteroatoms. The van der Waals surface area contributed by atoms with Gasteiger partial charge >= 0.3 is 6.09 Å². The number of nitrogens with zero attached hydrogens (tertiary/aromatic N) is 4. The largest absolute Gasteiger partial charge is 0.449 e. The highest BCUT2D eigenvalue weighted by atomic mass is 16.5. The maximum Gasteiger partial charge on any atom is 0.411 e. The summed E-state index contributed by atoms with van der Waals surface area (Å²) in [7, 11) is 4.04. The zero-order chi connectivity index (χ0) is 21.3. The van der Waals surface area contributed by atoms with Crippen LogP contribution >= 0.6 is 0 Å². The summed E-state index contributed by atoms with van der Waals surface area (Å²) in [5, 5.41) is 7.28. The van der Waals surface area contributed by atoms with Crippen LogP contribution in [0.4, 0.5) is 16.3 Å². The SMILES string of the molecule is CN(C)CCCCOC(=O)Nc1cccc(Cn2nc(N3CCCC3)ccc2=O)c1. The first kappa shape index (κ1) is 21.8. The van der Waals surface area contributed by atoms with Crippen molar-refractivity contribution >= 4 is 17.6 Å². The van der Waals surface area contributed by atoms with E-state index in [1.54, 1.807) is 18.2 Å². The first-order valence-corrected chi connectivity index (χ1v) is 10.5. The third-order valence-corrected chi connectivity index (χ3v) is 5.02. The lowest BCUT2D eigenvalue weighted by atomic mass is 10.2. The quantitative estimate of drug-likeness (QED) is 0.637. The van der Waals surface area contributed by atoms with Crippen LogP contribution in [-0.4, -0.2) is 61.1 Å². The van der Waals surface area contributed by atoms with E-state index < -0.39 is 6.09 Å². The molecule has 0 unspecified atom stereocenters. The van der Waals surface area contributed by atoms with Crippen molar-refractivity contribution in [1.82, 2.24) is 14.7 Å². The Hall–Kier alpha value is -2.87. The highest BCUT2D eigenvalue weighted by Gasteiger charge is 2.14. The molecule has 8 nitrogen and oxygen atoms in total. The van der Waals surface area contributed by atoms with Gasteiger partial charge in [0.25, 0.3) is 5.56 Å². The van der Waals surface area contributed by atoms with Crippen molar-refractivity contribution in [2.24, 2.45) is 0 Å². The Morgan fingerprint density at radius 3 is 2.73 bits per heavy atom. The Bertz CT molecular complexity index is 890. The number of ether oxygens (including phenoxy) is 1. The lowest BCUT2D eigenvalue weighted by molar-refractivity contribution is 0.158. The standard InChI is InChI=1S/C22H31N5O3/c1-25(2)12-5-6-15-30-22(29)23-19-9-7-8-18(16-19)17-27-21(28)11-10-20(24-27)26-13-3-4-14-26/h7-11,16H,3-6,12-15,17H2,1-2H3,(H,23,29). The van der Waals surface area contributed by atoms with E-state index in [2.05, 4.69) is 20.2 Å². The zero-order valence-corrected chi connectivity index (χ0v) is 17.8. The smallest absolute Gasteiger partial charge is 0.411 e. The lowest BCUT2D eigenvalue weighted by Gasteiger charge is -2.17. The molecule has 1 aromatic heterocycles. The van der Waals surface area contributed by atoms with E-state index in [0.29, 0.717) is 18.8 Å². The third kappa shape index (κ3) is 6.59. The van der Waals surface area contributed by atoms with Crippen molar-refractivity contribution in [3.63, 3.8) is 0 Å². The molecule has 2 aromatic rings. The average Bonchev–Trinajstić information content (AvgIpc) is 3.24. The second-order valence-corrected chi connectivity index (χ2v) is 7.85. The lowest BCUT2D eigenvalue weighted by Crippen LogP contribution is -2.27. The molecular formula is C22H31N5O3. The summed E-state index contributed by atoms with van der Waals surface area (Å²) in [5.74, 6) is 0.833. The number of hydrogen-bond acceptors (Lipinski definition) is 6. The number of benzene rings is 1. The Morgan fingerprint density at radius 1 is 1.17 bits per heavy atom. The van der Waals surface area contributed by atoms with Gasteiger partial charge in [-0.25, -0.2) is 9.48 Å². The molecule has 0 saturated carbocycles. The zero-order valence-electron chi connectivity index (χ0n) is 17.8. The first-order chi connectivity index (χ1) is 14.5. The fourth-order valence-electron chi connectivity index (χ4n) is 3.44. The first-order valence-electron chi connectivity index (χ1n) is 10.5. The molecule has 30 heavy (non-hydrogen) atoms. The monoisotopic (exact) mass is 413 g/mol. The van der Waals surface area contributed by atoms with Gasteiger partial charge in [0.2, 0.25) is 0 Å². The van der Waals surface area contributed by atoms with Gasteiger partial charge in [0, 0.05) is 24.8 Å². The predicted molar refractivity (Wildman–Crippen MR) is 118 cm³/mol. The van der Waals surface area contributed by atoms with Crippen LogP contribution in [0.15, 0.2) is 41.2 Å². The van der Waals surface area contributed by atoms with Crippen LogP contribution in [0.25, 0.3) is 0 Å². The highest BCUT2D eigenvalue weighted by Crippen LogP contribution is 2.16. The van der Waals surface area contributed by atoms with Crippen LogP contribution < -0.4 is 15.8 Å². The van der Waals surface area contributed by atoms with Crippen LogP contribution in [0, 0.1) is 0 Å². The number of unbranched alkanes of at least 4 members (excludes halogenated alkanes) is 1. The minimum absolute atomic E-state index is 0.145. The molecule has 0 bridgehead atoms. The molecule has 1 aromatic carbocycles. The second-order valence-electron chi connectivity index (χ2n) is 7.85. The Kier molecular flexibility index (Phi) is 7.84. The molecule has 1 aliphatic heterocycles. The van der Waals surface area contributed by atoms with Gasteiger partial charge < -0.3 is 14.5 Å². The van der Waals surface area contributed by atoms with Crippen LogP contribution in [-0.2, 0) is 11.3 Å². The maximum atomic E-state index is 12.3. The Labute approximate surface area is 177 Å². The summed E-state index contributed by atoms with van der Waals surface area (Å²) in [6.45, 7) is 3.65. The number of carbonyl (C=O) groups is 1. The van der Waals surface area contributed by atoms with Gasteiger partial charge in [0.1, 0.15) is 5.82 Å². The number of anilines is 2. The topological polar surface area (TPSA) is 79.7 Å². The molecule has 162 valence electrons. The molecular weight excluding hydrogens is 382 g/mol. The summed E-state index contributed by atoms with van der Waals surface area (Å²) in [5.41, 5.74) is 1.37. The van der Waals surface area contributed by atoms with E-state index in [1.165, 1.54) is 4.68 Å². The molecule has 3 rings (SSSR count). The van der Waals surface area contributed by atoms with Gasteiger partial charge in [-0.1, -0.05) is 12.1 Å². The fraction of sp³-hybridized carbons (Fsp3) is 0.500. The van der Waals surface area contributed by atoms with Crippen molar-refractivity contribution in [3.05, 3.63) is 52.3 Å². The van der Waals surface area contributed by atoms with Gasteiger partial charge in [-0.2, -0.15) is 5.10 Å². The van der Waals surface area contributed by atoms with Gasteiger partial charge in [-0.15, -0.1) is 0 Å². The predicted octanol–water partition coefficient (Wildman–Crippen LogP) is 2.78. The normalized spacial score (nSPS) is 13.6. The van der Waals surface area contributed by atoms with Crippen LogP contribution in [0.1, 0.15) is 31.2 Å². The van der Waals surface area contributed by atoms with Crippen molar-refractivity contribution in [1.29, 1.82) is 0 Å². The number of rotatable bonds is 9. The summed E-state index contributed by atoms with van der Waals surface area (Å²) in [4.78, 5) is 28.6. The van der Waals surface area contributed by atoms with E-state index in [0.717, 1.165) is 56.7 Å². The minimum atomic E-state index is -0.469. The summed E-state index contributed by atoms with van der Waals surface area (Å²) in [6, 6.07) is 10.7. The minimum Gasteiger partial charge on any atom is -0.449 e. The highest BCUT2D eigenvalue weighted by molar-refractivity contribution is 5.84. The van der Waals surface area contributed by atoms with E-state index >= 15 is 0 Å². The summed E-state index contributed by atoms with van der Waals surface area (Å²) >= 11 is 0. The third-order valence-electron chi connectivity index (χ3n) is 5.02. The van der Waals surface area contributed by atoms with Gasteiger partial charge in [-0.3, -0.25) is 10.1 Å². The van der Waals surface area contributed by atoms with Crippen molar-refractivity contribution in [3.8, 4) is 0 Å². The maximum absolute atomic E-state index is 12.3. The fourth-order valence-corrected chi connectivity index (χ4v) is 3.44. The molecule has 2 heterocycles. The van der Waals surface area contributed by atoms with Crippen molar-refractivity contribution in [2.45, 2.75) is 32.2 Å². The number of aromatic nitrogens is 2. The molecule has 0 radical (unpaired) electrons. The number of hydrogen-bond donors (Lipinski definition) is 1. The van der Waals surface area contributed by atoms with E-state index in [4.69, 9.17) is 4.74 Å². The molecule has 0 spiro atoms. The van der Waals surface area contributed by atoms with Gasteiger partial charge in [-0.05, 0) is 70.1 Å². The van der Waals surface area contributed by atoms with E-state index in [-0.39, 0.29) is 5.56 Å². The van der Waals surface area contributed by atoms with E-state index in [1.807, 2.05) is 32.3 Å². The Morgan fingerprint density at radius 2 is 1.97 bits per heavy atom. The second kappa shape index (κ2) is 10.8. The van der Waals surface area contributed by atoms with Crippen molar-refractivity contribution < 1.29 is 9.53 Å². The van der Waals surface area contributed by atoms with Gasteiger partial charge in [0.05, 0.1) is 13.2 Å². The number of amides is 1. The Balaban J connectivity index is 1.56. The molecule has 0 atom stereocenters. The van der Waals surface area contributed by atoms with Crippen LogP contribution in [0.2, 0.25) is 0 Å². The average molecular weight is 414 g/mol. The molecule has 1 amide bonds. The summed E-state index contributed by atoms with van der Waals surface area (Å²) < 4.78 is 6.70. The molecule has 0 aliphatic carbocycles. The van der Waals surface area contributed by atoms with Crippen LogP contribution in [0.3, 0.4) is 0 Å². The molecule has 1 fully saturated rings.